The zero-order valence-corrected chi connectivity index (χ0v) is 11.5. The van der Waals surface area contributed by atoms with Gasteiger partial charge in [0.25, 0.3) is 0 Å². The molecule has 3 unspecified atom stereocenters. The van der Waals surface area contributed by atoms with E-state index >= 15 is 0 Å². The molecule has 1 saturated heterocycles. The molecule has 0 amide bonds. The van der Waals surface area contributed by atoms with Crippen LogP contribution in [0.2, 0.25) is 5.02 Å². The van der Waals surface area contributed by atoms with Crippen LogP contribution in [0, 0.1) is 11.8 Å². The standard InChI is InChI=1S/C13H19ClN2S/c14-11-4-13(17-8-11)12(5-15)16-6-9-2-1-3-10(9)7-16/h4,8-10,12H,1-3,5-7,15H2. The average Bonchev–Trinajstić information content (AvgIpc) is 2.95. The van der Waals surface area contributed by atoms with Crippen LogP contribution < -0.4 is 5.73 Å². The summed E-state index contributed by atoms with van der Waals surface area (Å²) in [5.41, 5.74) is 5.97. The monoisotopic (exact) mass is 270 g/mol. The minimum Gasteiger partial charge on any atom is -0.329 e. The fraction of sp³-hybridized carbons (Fsp3) is 0.692. The van der Waals surface area contributed by atoms with Gasteiger partial charge in [-0.3, -0.25) is 4.90 Å². The van der Waals surface area contributed by atoms with Crippen molar-refractivity contribution in [3.05, 3.63) is 21.3 Å². The van der Waals surface area contributed by atoms with Gasteiger partial charge in [0.2, 0.25) is 0 Å². The Morgan fingerprint density at radius 3 is 2.65 bits per heavy atom. The second-order valence-corrected chi connectivity index (χ2v) is 6.70. The van der Waals surface area contributed by atoms with E-state index < -0.39 is 0 Å². The van der Waals surface area contributed by atoms with Gasteiger partial charge in [-0.25, -0.2) is 0 Å². The first-order chi connectivity index (χ1) is 8.28. The molecule has 2 N–H and O–H groups in total. The summed E-state index contributed by atoms with van der Waals surface area (Å²) in [6.45, 7) is 3.18. The molecule has 2 fully saturated rings. The molecule has 0 bridgehead atoms. The maximum absolute atomic E-state index is 6.02. The van der Waals surface area contributed by atoms with E-state index in [1.165, 1.54) is 37.2 Å². The summed E-state index contributed by atoms with van der Waals surface area (Å²) in [6, 6.07) is 2.47. The smallest absolute Gasteiger partial charge is 0.0565 e. The third-order valence-electron chi connectivity index (χ3n) is 4.33. The van der Waals surface area contributed by atoms with Gasteiger partial charge < -0.3 is 5.73 Å². The molecule has 0 radical (unpaired) electrons. The summed E-state index contributed by atoms with van der Waals surface area (Å²) in [7, 11) is 0. The van der Waals surface area contributed by atoms with Crippen molar-refractivity contribution in [1.29, 1.82) is 0 Å². The molecule has 1 aliphatic carbocycles. The van der Waals surface area contributed by atoms with Gasteiger partial charge in [-0.05, 0) is 30.7 Å². The predicted molar refractivity (Wildman–Crippen MR) is 73.5 cm³/mol. The Labute approximate surface area is 112 Å². The number of likely N-dealkylation sites (tertiary alicyclic amines) is 1. The summed E-state index contributed by atoms with van der Waals surface area (Å²) in [6.07, 6.45) is 4.27. The fourth-order valence-electron chi connectivity index (χ4n) is 3.47. The van der Waals surface area contributed by atoms with Gasteiger partial charge in [-0.15, -0.1) is 11.3 Å². The number of hydrogen-bond acceptors (Lipinski definition) is 3. The molecule has 1 aliphatic heterocycles. The summed E-state index contributed by atoms with van der Waals surface area (Å²) in [5, 5.41) is 2.86. The Morgan fingerprint density at radius 2 is 2.12 bits per heavy atom. The molecular formula is C13H19ClN2S. The van der Waals surface area contributed by atoms with Crippen molar-refractivity contribution in [3.63, 3.8) is 0 Å². The third kappa shape index (κ3) is 2.26. The number of nitrogens with zero attached hydrogens (tertiary/aromatic N) is 1. The van der Waals surface area contributed by atoms with Crippen LogP contribution in [0.15, 0.2) is 11.4 Å². The van der Waals surface area contributed by atoms with E-state index in [0.29, 0.717) is 12.6 Å². The van der Waals surface area contributed by atoms with Crippen LogP contribution in [0.1, 0.15) is 30.2 Å². The van der Waals surface area contributed by atoms with Crippen LogP contribution in [-0.4, -0.2) is 24.5 Å². The van der Waals surface area contributed by atoms with Crippen molar-refractivity contribution in [2.75, 3.05) is 19.6 Å². The van der Waals surface area contributed by atoms with Crippen LogP contribution in [0.4, 0.5) is 0 Å². The molecule has 17 heavy (non-hydrogen) atoms. The van der Waals surface area contributed by atoms with Crippen molar-refractivity contribution < 1.29 is 0 Å². The molecule has 3 rings (SSSR count). The van der Waals surface area contributed by atoms with E-state index in [2.05, 4.69) is 11.0 Å². The van der Waals surface area contributed by atoms with Gasteiger partial charge in [0.05, 0.1) is 11.1 Å². The second-order valence-electron chi connectivity index (χ2n) is 5.32. The molecule has 1 saturated carbocycles. The lowest BCUT2D eigenvalue weighted by Gasteiger charge is -2.26. The van der Waals surface area contributed by atoms with E-state index in [-0.39, 0.29) is 0 Å². The highest BCUT2D eigenvalue weighted by molar-refractivity contribution is 7.10. The van der Waals surface area contributed by atoms with Crippen LogP contribution in [0.3, 0.4) is 0 Å². The molecule has 1 aromatic rings. The fourth-order valence-corrected chi connectivity index (χ4v) is 4.70. The average molecular weight is 271 g/mol. The van der Waals surface area contributed by atoms with E-state index in [0.717, 1.165) is 16.9 Å². The molecular weight excluding hydrogens is 252 g/mol. The van der Waals surface area contributed by atoms with Crippen molar-refractivity contribution >= 4 is 22.9 Å². The molecule has 2 heterocycles. The predicted octanol–water partition coefficient (Wildman–Crippen LogP) is 3.13. The highest BCUT2D eigenvalue weighted by atomic mass is 35.5. The second kappa shape index (κ2) is 4.88. The van der Waals surface area contributed by atoms with Gasteiger partial charge in [-0.2, -0.15) is 0 Å². The Morgan fingerprint density at radius 1 is 1.41 bits per heavy atom. The van der Waals surface area contributed by atoms with Crippen LogP contribution in [-0.2, 0) is 0 Å². The molecule has 2 aliphatic rings. The van der Waals surface area contributed by atoms with Crippen LogP contribution in [0.25, 0.3) is 0 Å². The minimum absolute atomic E-state index is 0.387. The maximum Gasteiger partial charge on any atom is 0.0565 e. The zero-order valence-electron chi connectivity index (χ0n) is 9.94. The normalized spacial score (nSPS) is 30.7. The molecule has 4 heteroatoms. The lowest BCUT2D eigenvalue weighted by atomic mass is 10.0. The van der Waals surface area contributed by atoms with Crippen LogP contribution in [0.5, 0.6) is 0 Å². The van der Waals surface area contributed by atoms with Gasteiger partial charge in [-0.1, -0.05) is 18.0 Å². The summed E-state index contributed by atoms with van der Waals surface area (Å²) < 4.78 is 0. The van der Waals surface area contributed by atoms with Crippen LogP contribution >= 0.6 is 22.9 Å². The molecule has 2 nitrogen and oxygen atoms in total. The van der Waals surface area contributed by atoms with Gasteiger partial charge in [0, 0.05) is 29.9 Å². The van der Waals surface area contributed by atoms with E-state index in [9.17, 15) is 0 Å². The first-order valence-electron chi connectivity index (χ1n) is 6.46. The first-order valence-corrected chi connectivity index (χ1v) is 7.71. The Bertz CT molecular complexity index is 381. The summed E-state index contributed by atoms with van der Waals surface area (Å²) >= 11 is 7.76. The highest BCUT2D eigenvalue weighted by Crippen LogP contribution is 2.41. The number of halogens is 1. The molecule has 3 atom stereocenters. The Hall–Kier alpha value is -0.0900. The number of hydrogen-bond donors (Lipinski definition) is 1. The van der Waals surface area contributed by atoms with Gasteiger partial charge in [0.15, 0.2) is 0 Å². The van der Waals surface area contributed by atoms with Crippen molar-refractivity contribution in [2.24, 2.45) is 17.6 Å². The molecule has 1 aromatic heterocycles. The number of nitrogens with two attached hydrogens (primary N) is 1. The van der Waals surface area contributed by atoms with E-state index in [1.54, 1.807) is 11.3 Å². The Balaban J connectivity index is 1.74. The summed E-state index contributed by atoms with van der Waals surface area (Å²) in [4.78, 5) is 3.91. The van der Waals surface area contributed by atoms with Gasteiger partial charge >= 0.3 is 0 Å². The quantitative estimate of drug-likeness (QED) is 0.914. The molecule has 94 valence electrons. The number of rotatable bonds is 3. The largest absolute Gasteiger partial charge is 0.329 e. The first kappa shape index (κ1) is 12.0. The maximum atomic E-state index is 6.02. The zero-order chi connectivity index (χ0) is 11.8. The van der Waals surface area contributed by atoms with Gasteiger partial charge in [0.1, 0.15) is 0 Å². The highest BCUT2D eigenvalue weighted by Gasteiger charge is 2.38. The lowest BCUT2D eigenvalue weighted by Crippen LogP contribution is -2.32. The van der Waals surface area contributed by atoms with Crippen molar-refractivity contribution in [1.82, 2.24) is 4.90 Å². The Kier molecular flexibility index (Phi) is 3.44. The van der Waals surface area contributed by atoms with Crippen molar-refractivity contribution in [2.45, 2.75) is 25.3 Å². The number of fused-ring (bicyclic) bond motifs is 1. The third-order valence-corrected chi connectivity index (χ3v) is 5.72. The molecule has 0 spiro atoms. The SMILES string of the molecule is NCC(c1cc(Cl)cs1)N1CC2CCCC2C1. The lowest BCUT2D eigenvalue weighted by molar-refractivity contribution is 0.235. The molecule has 0 aromatic carbocycles. The van der Waals surface area contributed by atoms with E-state index in [4.69, 9.17) is 17.3 Å². The number of thiophene rings is 1. The minimum atomic E-state index is 0.387. The van der Waals surface area contributed by atoms with E-state index in [1.807, 2.05) is 5.38 Å². The topological polar surface area (TPSA) is 29.3 Å². The van der Waals surface area contributed by atoms with Crippen molar-refractivity contribution in [3.8, 4) is 0 Å². The summed E-state index contributed by atoms with van der Waals surface area (Å²) in [5.74, 6) is 1.86.